The van der Waals surface area contributed by atoms with Gasteiger partial charge in [-0.1, -0.05) is 0 Å². The topological polar surface area (TPSA) is 6.48 Å². The monoisotopic (exact) mass is 255 g/mol. The minimum absolute atomic E-state index is 1.13. The van der Waals surface area contributed by atoms with E-state index in [1.807, 2.05) is 0 Å². The molecule has 0 N–H and O–H groups in total. The summed E-state index contributed by atoms with van der Waals surface area (Å²) in [5, 5.41) is 0. The Morgan fingerprint density at radius 2 is 1.78 bits per heavy atom. The van der Waals surface area contributed by atoms with Crippen molar-refractivity contribution in [1.82, 2.24) is 6.24 Å². The van der Waals surface area contributed by atoms with Gasteiger partial charge < -0.3 is 0 Å². The van der Waals surface area contributed by atoms with Gasteiger partial charge in [0.15, 0.2) is 0 Å². The van der Waals surface area contributed by atoms with E-state index in [0.717, 1.165) is 19.8 Å². The molecule has 0 bridgehead atoms. The molecule has 9 heavy (non-hydrogen) atoms. The van der Waals surface area contributed by atoms with Crippen LogP contribution in [-0.4, -0.2) is 45.2 Å². The van der Waals surface area contributed by atoms with Crippen LogP contribution < -0.4 is 0 Å². The van der Waals surface area contributed by atoms with Crippen molar-refractivity contribution in [1.29, 1.82) is 0 Å². The van der Waals surface area contributed by atoms with Crippen LogP contribution in [0.25, 0.3) is 0 Å². The second-order valence-corrected chi connectivity index (χ2v) is 9.54. The molecule has 2 nitrogen and oxygen atoms in total. The Bertz CT molecular complexity index is 91.0. The van der Waals surface area contributed by atoms with Gasteiger partial charge in [-0.2, -0.15) is 0 Å². The van der Waals surface area contributed by atoms with Gasteiger partial charge in [0.25, 0.3) is 0 Å². The van der Waals surface area contributed by atoms with Crippen molar-refractivity contribution in [3.63, 3.8) is 0 Å². The van der Waals surface area contributed by atoms with Crippen molar-refractivity contribution < 1.29 is 0 Å². The molecule has 1 rings (SSSR count). The third-order valence-corrected chi connectivity index (χ3v) is 10.4. The number of halogens is 1. The standard InChI is InChI=1S/C5H12N2.ClH.Sn/c1-3-6-5-7-4-2;;/h3-5H2,1-2H3;1H;/q-2;;+3/p-1. The molecular weight excluding hydrogens is 242 g/mol. The normalized spacial score (nSPS) is 24.3. The molecule has 1 heterocycles. The summed E-state index contributed by atoms with van der Waals surface area (Å²) in [5.41, 5.74) is 0. The van der Waals surface area contributed by atoms with Crippen molar-refractivity contribution in [3.8, 4) is 0 Å². The van der Waals surface area contributed by atoms with Gasteiger partial charge in [0.1, 0.15) is 0 Å². The maximum atomic E-state index is 6.13. The summed E-state index contributed by atoms with van der Waals surface area (Å²) in [4.78, 5) is 0. The van der Waals surface area contributed by atoms with Crippen molar-refractivity contribution in [3.05, 3.63) is 0 Å². The van der Waals surface area contributed by atoms with Crippen molar-refractivity contribution in [2.75, 3.05) is 19.8 Å². The number of hydrogen-bond acceptors (Lipinski definition) is 2. The van der Waals surface area contributed by atoms with E-state index >= 15 is 0 Å². The van der Waals surface area contributed by atoms with Crippen molar-refractivity contribution in [2.24, 2.45) is 0 Å². The average Bonchev–Trinajstić information content (AvgIpc) is 1.87. The van der Waals surface area contributed by atoms with Crippen LogP contribution >= 0.6 is 8.92 Å². The third kappa shape index (κ3) is 1.53. The molecule has 1 aliphatic rings. The first-order valence-corrected chi connectivity index (χ1v) is 9.48. The maximum absolute atomic E-state index is 6.13. The van der Waals surface area contributed by atoms with Crippen LogP contribution in [0.5, 0.6) is 0 Å². The van der Waals surface area contributed by atoms with Gasteiger partial charge >= 0.3 is 67.9 Å². The van der Waals surface area contributed by atoms with Crippen molar-refractivity contribution in [2.45, 2.75) is 13.8 Å². The average molecular weight is 254 g/mol. The molecule has 1 aliphatic heterocycles. The van der Waals surface area contributed by atoms with Gasteiger partial charge in [-0.05, 0) is 0 Å². The van der Waals surface area contributed by atoms with Crippen LogP contribution in [0, 0.1) is 0 Å². The van der Waals surface area contributed by atoms with Crippen LogP contribution in [0.1, 0.15) is 13.8 Å². The molecule has 0 aliphatic carbocycles. The Balaban J connectivity index is 2.24. The fourth-order valence-electron chi connectivity index (χ4n) is 0.906. The zero-order valence-electron chi connectivity index (χ0n) is 5.89. The zero-order chi connectivity index (χ0) is 6.85. The van der Waals surface area contributed by atoms with E-state index < -0.39 is 19.2 Å². The number of rotatable bonds is 2. The first kappa shape index (κ1) is 8.11. The molecule has 1 fully saturated rings. The molecule has 0 aromatic rings. The van der Waals surface area contributed by atoms with E-state index in [9.17, 15) is 0 Å². The molecule has 0 aromatic heterocycles. The summed E-state index contributed by atoms with van der Waals surface area (Å²) < 4.78 is 4.82. The minimum atomic E-state index is -1.57. The molecule has 0 aromatic carbocycles. The van der Waals surface area contributed by atoms with Gasteiger partial charge in [-0.3, -0.25) is 0 Å². The Hall–Kier alpha value is 1.01. The molecule has 0 atom stereocenters. The Labute approximate surface area is 67.9 Å². The fourth-order valence-corrected chi connectivity index (χ4v) is 6.85. The van der Waals surface area contributed by atoms with E-state index in [-0.39, 0.29) is 0 Å². The second-order valence-electron chi connectivity index (χ2n) is 2.12. The van der Waals surface area contributed by atoms with Gasteiger partial charge in [0.2, 0.25) is 0 Å². The van der Waals surface area contributed by atoms with E-state index in [1.54, 1.807) is 0 Å². The van der Waals surface area contributed by atoms with Crippen molar-refractivity contribution >= 4 is 28.1 Å². The SMILES string of the molecule is CC[N]1C[N](CC)[Sn]1[Cl]. The summed E-state index contributed by atoms with van der Waals surface area (Å²) in [5.74, 6) is 0. The molecular formula is C5H12ClN2Sn. The van der Waals surface area contributed by atoms with E-state index in [0.29, 0.717) is 0 Å². The molecule has 4 heteroatoms. The summed E-state index contributed by atoms with van der Waals surface area (Å²) in [7, 11) is 6.13. The van der Waals surface area contributed by atoms with E-state index in [1.165, 1.54) is 0 Å². The second kappa shape index (κ2) is 3.41. The Morgan fingerprint density at radius 1 is 1.33 bits per heavy atom. The predicted octanol–water partition coefficient (Wildman–Crippen LogP) is 0.825. The third-order valence-electron chi connectivity index (χ3n) is 1.63. The van der Waals surface area contributed by atoms with Gasteiger partial charge in [0.05, 0.1) is 0 Å². The first-order chi connectivity index (χ1) is 4.29. The summed E-state index contributed by atoms with van der Waals surface area (Å²) in [6.07, 6.45) is 0. The number of hydrogen-bond donors (Lipinski definition) is 0. The molecule has 0 spiro atoms. The molecule has 1 radical (unpaired) electrons. The van der Waals surface area contributed by atoms with Crippen LogP contribution in [0.15, 0.2) is 0 Å². The first-order valence-electron chi connectivity index (χ1n) is 3.32. The van der Waals surface area contributed by atoms with E-state index in [2.05, 4.69) is 20.1 Å². The quantitative estimate of drug-likeness (QED) is 0.673. The van der Waals surface area contributed by atoms with Gasteiger partial charge in [-0.15, -0.1) is 0 Å². The predicted molar refractivity (Wildman–Crippen MR) is 41.2 cm³/mol. The Morgan fingerprint density at radius 3 is 2.00 bits per heavy atom. The molecule has 0 amide bonds. The van der Waals surface area contributed by atoms with Crippen LogP contribution in [0.2, 0.25) is 0 Å². The molecule has 1 saturated heterocycles. The zero-order valence-corrected chi connectivity index (χ0v) is 9.50. The van der Waals surface area contributed by atoms with Crippen LogP contribution in [0.4, 0.5) is 0 Å². The molecule has 0 unspecified atom stereocenters. The summed E-state index contributed by atoms with van der Waals surface area (Å²) in [6, 6.07) is 0. The molecule has 0 saturated carbocycles. The van der Waals surface area contributed by atoms with Gasteiger partial charge in [0, 0.05) is 0 Å². The van der Waals surface area contributed by atoms with E-state index in [4.69, 9.17) is 8.92 Å². The van der Waals surface area contributed by atoms with Crippen LogP contribution in [0.3, 0.4) is 0 Å². The summed E-state index contributed by atoms with van der Waals surface area (Å²) in [6.45, 7) is 7.78. The van der Waals surface area contributed by atoms with Crippen LogP contribution in [-0.2, 0) is 0 Å². The number of nitrogens with zero attached hydrogens (tertiary/aromatic N) is 2. The molecule has 53 valence electrons. The Kier molecular flexibility index (Phi) is 3.08. The fraction of sp³-hybridized carbons (Fsp3) is 1.00. The van der Waals surface area contributed by atoms with Gasteiger partial charge in [-0.25, -0.2) is 0 Å². The summed E-state index contributed by atoms with van der Waals surface area (Å²) >= 11 is -1.57.